The fourth-order valence-electron chi connectivity index (χ4n) is 2.96. The summed E-state index contributed by atoms with van der Waals surface area (Å²) in [7, 11) is 0. The predicted molar refractivity (Wildman–Crippen MR) is 83.9 cm³/mol. The van der Waals surface area contributed by atoms with Gasteiger partial charge in [-0.2, -0.15) is 0 Å². The first-order valence-corrected chi connectivity index (χ1v) is 7.77. The Balaban J connectivity index is 1.98. The van der Waals surface area contributed by atoms with Crippen LogP contribution in [0.5, 0.6) is 0 Å². The third kappa shape index (κ3) is 3.73. The minimum atomic E-state index is 0.670. The van der Waals surface area contributed by atoms with Gasteiger partial charge in [0.2, 0.25) is 0 Å². The summed E-state index contributed by atoms with van der Waals surface area (Å²) in [4.78, 5) is 2.61. The molecule has 2 rings (SSSR count). The molecule has 0 saturated heterocycles. The molecular formula is C17H28N2. The van der Waals surface area contributed by atoms with E-state index in [0.717, 1.165) is 19.6 Å². The van der Waals surface area contributed by atoms with Crippen molar-refractivity contribution in [3.63, 3.8) is 0 Å². The maximum atomic E-state index is 3.54. The second-order valence-electron chi connectivity index (χ2n) is 5.98. The van der Waals surface area contributed by atoms with Gasteiger partial charge >= 0.3 is 0 Å². The Morgan fingerprint density at radius 2 is 2.16 bits per heavy atom. The molecule has 2 nitrogen and oxygen atoms in total. The zero-order valence-electron chi connectivity index (χ0n) is 12.7. The van der Waals surface area contributed by atoms with Gasteiger partial charge < -0.3 is 10.2 Å². The molecule has 1 aromatic carbocycles. The van der Waals surface area contributed by atoms with E-state index in [9.17, 15) is 0 Å². The monoisotopic (exact) mass is 260 g/mol. The van der Waals surface area contributed by atoms with Crippen molar-refractivity contribution < 1.29 is 0 Å². The van der Waals surface area contributed by atoms with Crippen molar-refractivity contribution in [1.82, 2.24) is 5.32 Å². The highest BCUT2D eigenvalue weighted by atomic mass is 15.2. The third-order valence-corrected chi connectivity index (χ3v) is 4.09. The minimum Gasteiger partial charge on any atom is -0.368 e. The minimum absolute atomic E-state index is 0.670. The number of hydrogen-bond acceptors (Lipinski definition) is 2. The molecule has 0 spiro atoms. The van der Waals surface area contributed by atoms with E-state index < -0.39 is 0 Å². The molecule has 1 heterocycles. The summed E-state index contributed by atoms with van der Waals surface area (Å²) in [5.41, 5.74) is 2.98. The van der Waals surface area contributed by atoms with Crippen molar-refractivity contribution in [1.29, 1.82) is 0 Å². The first kappa shape index (κ1) is 14.4. The van der Waals surface area contributed by atoms with Gasteiger partial charge in [0.15, 0.2) is 0 Å². The van der Waals surface area contributed by atoms with Crippen LogP contribution in [0.3, 0.4) is 0 Å². The molecule has 1 aromatic rings. The van der Waals surface area contributed by atoms with Crippen LogP contribution in [0.4, 0.5) is 5.69 Å². The Morgan fingerprint density at radius 1 is 1.37 bits per heavy atom. The standard InChI is InChI=1S/C17H28N2/c1-4-11-18-12-14(2)13-19-15(3)9-10-16-7-5-6-8-17(16)19/h5-8,14-15,18H,4,9-13H2,1-3H3. The fraction of sp³-hybridized carbons (Fsp3) is 0.647. The molecule has 0 aromatic heterocycles. The van der Waals surface area contributed by atoms with Crippen molar-refractivity contribution in [2.24, 2.45) is 5.92 Å². The number of rotatable bonds is 6. The van der Waals surface area contributed by atoms with Crippen molar-refractivity contribution in [3.05, 3.63) is 29.8 Å². The zero-order chi connectivity index (χ0) is 13.7. The molecule has 0 radical (unpaired) electrons. The van der Waals surface area contributed by atoms with Gasteiger partial charge in [-0.05, 0) is 56.8 Å². The molecule has 1 N–H and O–H groups in total. The lowest BCUT2D eigenvalue weighted by molar-refractivity contribution is 0.463. The first-order chi connectivity index (χ1) is 9.22. The van der Waals surface area contributed by atoms with Crippen molar-refractivity contribution in [2.75, 3.05) is 24.5 Å². The number of fused-ring (bicyclic) bond motifs is 1. The Bertz CT molecular complexity index is 389. The molecule has 2 heteroatoms. The highest BCUT2D eigenvalue weighted by Crippen LogP contribution is 2.30. The number of anilines is 1. The van der Waals surface area contributed by atoms with Crippen LogP contribution in [-0.2, 0) is 6.42 Å². The Morgan fingerprint density at radius 3 is 2.95 bits per heavy atom. The van der Waals surface area contributed by atoms with Gasteiger partial charge in [0.05, 0.1) is 0 Å². The second kappa shape index (κ2) is 6.95. The highest BCUT2D eigenvalue weighted by Gasteiger charge is 2.23. The van der Waals surface area contributed by atoms with Gasteiger partial charge in [-0.25, -0.2) is 0 Å². The van der Waals surface area contributed by atoms with Gasteiger partial charge in [0.25, 0.3) is 0 Å². The van der Waals surface area contributed by atoms with Gasteiger partial charge in [0.1, 0.15) is 0 Å². The molecule has 0 bridgehead atoms. The maximum absolute atomic E-state index is 3.54. The van der Waals surface area contributed by atoms with E-state index in [2.05, 4.69) is 55.3 Å². The lowest BCUT2D eigenvalue weighted by atomic mass is 9.95. The SMILES string of the molecule is CCCNCC(C)CN1c2ccccc2CCC1C. The summed E-state index contributed by atoms with van der Waals surface area (Å²) in [5.74, 6) is 0.695. The number of hydrogen-bond donors (Lipinski definition) is 1. The van der Waals surface area contributed by atoms with Crippen molar-refractivity contribution in [2.45, 2.75) is 46.1 Å². The van der Waals surface area contributed by atoms with Crippen LogP contribution in [0, 0.1) is 5.92 Å². The largest absolute Gasteiger partial charge is 0.368 e. The number of para-hydroxylation sites is 1. The van der Waals surface area contributed by atoms with Crippen LogP contribution in [0.15, 0.2) is 24.3 Å². The van der Waals surface area contributed by atoms with E-state index in [1.165, 1.54) is 30.5 Å². The topological polar surface area (TPSA) is 15.3 Å². The van der Waals surface area contributed by atoms with Crippen LogP contribution in [0.2, 0.25) is 0 Å². The molecular weight excluding hydrogens is 232 g/mol. The molecule has 19 heavy (non-hydrogen) atoms. The predicted octanol–water partition coefficient (Wildman–Crippen LogP) is 3.46. The van der Waals surface area contributed by atoms with Gasteiger partial charge in [0, 0.05) is 18.3 Å². The fourth-order valence-corrected chi connectivity index (χ4v) is 2.96. The molecule has 0 amide bonds. The van der Waals surface area contributed by atoms with Gasteiger partial charge in [-0.3, -0.25) is 0 Å². The number of nitrogens with one attached hydrogen (secondary N) is 1. The average molecular weight is 260 g/mol. The maximum Gasteiger partial charge on any atom is 0.0401 e. The second-order valence-corrected chi connectivity index (χ2v) is 5.98. The first-order valence-electron chi connectivity index (χ1n) is 7.77. The molecule has 0 aliphatic carbocycles. The summed E-state index contributed by atoms with van der Waals surface area (Å²) in [6.45, 7) is 10.4. The molecule has 0 fully saturated rings. The van der Waals surface area contributed by atoms with Crippen LogP contribution in [0.25, 0.3) is 0 Å². The lowest BCUT2D eigenvalue weighted by Gasteiger charge is -2.38. The van der Waals surface area contributed by atoms with Crippen LogP contribution in [-0.4, -0.2) is 25.7 Å². The Labute approximate surface area is 118 Å². The van der Waals surface area contributed by atoms with E-state index in [0.29, 0.717) is 12.0 Å². The van der Waals surface area contributed by atoms with Crippen LogP contribution >= 0.6 is 0 Å². The van der Waals surface area contributed by atoms with Crippen molar-refractivity contribution >= 4 is 5.69 Å². The van der Waals surface area contributed by atoms with E-state index in [-0.39, 0.29) is 0 Å². The highest BCUT2D eigenvalue weighted by molar-refractivity contribution is 5.56. The van der Waals surface area contributed by atoms with Gasteiger partial charge in [-0.1, -0.05) is 32.0 Å². The van der Waals surface area contributed by atoms with Gasteiger partial charge in [-0.15, -0.1) is 0 Å². The molecule has 2 atom stereocenters. The van der Waals surface area contributed by atoms with E-state index in [1.54, 1.807) is 0 Å². The summed E-state index contributed by atoms with van der Waals surface area (Å²) in [6.07, 6.45) is 3.73. The molecule has 106 valence electrons. The number of nitrogens with zero attached hydrogens (tertiary/aromatic N) is 1. The molecule has 1 aliphatic rings. The number of aryl methyl sites for hydroxylation is 1. The Kier molecular flexibility index (Phi) is 5.26. The number of benzene rings is 1. The van der Waals surface area contributed by atoms with Crippen LogP contribution < -0.4 is 10.2 Å². The molecule has 1 aliphatic heterocycles. The smallest absolute Gasteiger partial charge is 0.0401 e. The third-order valence-electron chi connectivity index (χ3n) is 4.09. The molecule has 0 saturated carbocycles. The average Bonchev–Trinajstić information content (AvgIpc) is 2.42. The quantitative estimate of drug-likeness (QED) is 0.788. The summed E-state index contributed by atoms with van der Waals surface area (Å²) in [6, 6.07) is 9.58. The van der Waals surface area contributed by atoms with Crippen LogP contribution in [0.1, 0.15) is 39.2 Å². The lowest BCUT2D eigenvalue weighted by Crippen LogP contribution is -2.42. The zero-order valence-corrected chi connectivity index (χ0v) is 12.7. The Hall–Kier alpha value is -1.02. The molecule has 2 unspecified atom stereocenters. The van der Waals surface area contributed by atoms with E-state index >= 15 is 0 Å². The van der Waals surface area contributed by atoms with E-state index in [4.69, 9.17) is 0 Å². The van der Waals surface area contributed by atoms with Crippen molar-refractivity contribution in [3.8, 4) is 0 Å². The summed E-state index contributed by atoms with van der Waals surface area (Å²) < 4.78 is 0. The normalized spacial score (nSPS) is 20.2. The van der Waals surface area contributed by atoms with E-state index in [1.807, 2.05) is 0 Å². The summed E-state index contributed by atoms with van der Waals surface area (Å²) in [5, 5.41) is 3.54. The summed E-state index contributed by atoms with van der Waals surface area (Å²) >= 11 is 0.